The quantitative estimate of drug-likeness (QED) is 0.856. The maximum Gasteiger partial charge on any atom is 0.242 e. The van der Waals surface area contributed by atoms with Crippen LogP contribution in [0.2, 0.25) is 5.02 Å². The molecule has 0 saturated heterocycles. The molecule has 0 aliphatic heterocycles. The standard InChI is InChI=1S/C14H19BrClNO2S/c1-13(2)12(14(13,3)4)8-17-20(18,19)11-6-5-9(15)7-10(11)16/h5-7,12,17H,8H2,1-4H3. The van der Waals surface area contributed by atoms with Gasteiger partial charge in [0.2, 0.25) is 10.0 Å². The van der Waals surface area contributed by atoms with E-state index < -0.39 is 10.0 Å². The van der Waals surface area contributed by atoms with Gasteiger partial charge in [-0.3, -0.25) is 0 Å². The molecule has 1 aromatic carbocycles. The van der Waals surface area contributed by atoms with Gasteiger partial charge in [-0.1, -0.05) is 55.2 Å². The lowest BCUT2D eigenvalue weighted by Gasteiger charge is -2.09. The second-order valence-electron chi connectivity index (χ2n) is 6.42. The minimum Gasteiger partial charge on any atom is -0.211 e. The molecule has 1 fully saturated rings. The van der Waals surface area contributed by atoms with E-state index >= 15 is 0 Å². The number of nitrogens with one attached hydrogen (secondary N) is 1. The number of hydrogen-bond donors (Lipinski definition) is 1. The number of rotatable bonds is 4. The summed E-state index contributed by atoms with van der Waals surface area (Å²) in [5, 5.41) is 0.223. The van der Waals surface area contributed by atoms with Gasteiger partial charge in [0.1, 0.15) is 4.90 Å². The van der Waals surface area contributed by atoms with Gasteiger partial charge in [-0.25, -0.2) is 13.1 Å². The fourth-order valence-electron chi connectivity index (χ4n) is 2.81. The Morgan fingerprint density at radius 2 is 1.80 bits per heavy atom. The van der Waals surface area contributed by atoms with Crippen LogP contribution < -0.4 is 4.72 Å². The smallest absolute Gasteiger partial charge is 0.211 e. The lowest BCUT2D eigenvalue weighted by molar-refractivity contribution is 0.457. The molecule has 0 radical (unpaired) electrons. The van der Waals surface area contributed by atoms with Crippen molar-refractivity contribution >= 4 is 37.6 Å². The highest BCUT2D eigenvalue weighted by Gasteiger charge is 2.64. The lowest BCUT2D eigenvalue weighted by Crippen LogP contribution is -2.27. The molecule has 2 rings (SSSR count). The third kappa shape index (κ3) is 2.65. The summed E-state index contributed by atoms with van der Waals surface area (Å²) in [4.78, 5) is 0.124. The van der Waals surface area contributed by atoms with E-state index in [-0.39, 0.29) is 20.7 Å². The SMILES string of the molecule is CC1(C)C(CNS(=O)(=O)c2ccc(Br)cc2Cl)C1(C)C. The molecule has 1 N–H and O–H groups in total. The summed E-state index contributed by atoms with van der Waals surface area (Å²) in [5.74, 6) is 0.332. The molecule has 0 heterocycles. The van der Waals surface area contributed by atoms with Crippen molar-refractivity contribution in [2.45, 2.75) is 32.6 Å². The predicted octanol–water partition coefficient (Wildman–Crippen LogP) is 4.06. The molecule has 1 saturated carbocycles. The Kier molecular flexibility index (Phi) is 4.05. The predicted molar refractivity (Wildman–Crippen MR) is 85.4 cm³/mol. The molecule has 1 aliphatic rings. The first-order valence-corrected chi connectivity index (χ1v) is 9.10. The first-order valence-electron chi connectivity index (χ1n) is 6.45. The topological polar surface area (TPSA) is 46.2 Å². The summed E-state index contributed by atoms with van der Waals surface area (Å²) in [7, 11) is -3.57. The Labute approximate surface area is 134 Å². The van der Waals surface area contributed by atoms with Crippen molar-refractivity contribution < 1.29 is 8.42 Å². The molecule has 0 spiro atoms. The largest absolute Gasteiger partial charge is 0.242 e. The van der Waals surface area contributed by atoms with Gasteiger partial charge in [-0.2, -0.15) is 0 Å². The summed E-state index contributed by atoms with van der Waals surface area (Å²) in [6, 6.07) is 4.77. The van der Waals surface area contributed by atoms with E-state index in [1.165, 1.54) is 6.07 Å². The van der Waals surface area contributed by atoms with Gasteiger partial charge >= 0.3 is 0 Å². The third-order valence-electron chi connectivity index (χ3n) is 4.98. The minimum absolute atomic E-state index is 0.124. The molecule has 6 heteroatoms. The number of sulfonamides is 1. The van der Waals surface area contributed by atoms with Gasteiger partial charge in [-0.05, 0) is 34.9 Å². The van der Waals surface area contributed by atoms with Crippen LogP contribution in [0.3, 0.4) is 0 Å². The van der Waals surface area contributed by atoms with Gasteiger partial charge in [0.25, 0.3) is 0 Å². The molecule has 1 aromatic rings. The molecule has 20 heavy (non-hydrogen) atoms. The molecule has 3 nitrogen and oxygen atoms in total. The zero-order valence-electron chi connectivity index (χ0n) is 12.0. The molecule has 0 bridgehead atoms. The first kappa shape index (κ1) is 16.3. The van der Waals surface area contributed by atoms with Crippen LogP contribution in [0.15, 0.2) is 27.6 Å². The Hall–Kier alpha value is -0.100. The van der Waals surface area contributed by atoms with Gasteiger partial charge in [0.05, 0.1) is 5.02 Å². The van der Waals surface area contributed by atoms with Crippen LogP contribution >= 0.6 is 27.5 Å². The van der Waals surface area contributed by atoms with Crippen LogP contribution in [0, 0.1) is 16.7 Å². The van der Waals surface area contributed by atoms with Crippen LogP contribution in [0.4, 0.5) is 0 Å². The molecule has 112 valence electrons. The van der Waals surface area contributed by atoms with Gasteiger partial charge < -0.3 is 0 Å². The summed E-state index contributed by atoms with van der Waals surface area (Å²) < 4.78 is 28.1. The average molecular weight is 381 g/mol. The second-order valence-corrected chi connectivity index (χ2v) is 9.48. The second kappa shape index (κ2) is 4.97. The molecule has 0 amide bonds. The third-order valence-corrected chi connectivity index (χ3v) is 7.38. The highest BCUT2D eigenvalue weighted by molar-refractivity contribution is 9.10. The lowest BCUT2D eigenvalue weighted by atomic mass is 10.0. The average Bonchev–Trinajstić information content (AvgIpc) is 2.66. The van der Waals surface area contributed by atoms with Crippen molar-refractivity contribution in [1.29, 1.82) is 0 Å². The molecular formula is C14H19BrClNO2S. The normalized spacial score (nSPS) is 20.9. The van der Waals surface area contributed by atoms with E-state index in [0.717, 1.165) is 4.47 Å². The van der Waals surface area contributed by atoms with Crippen molar-refractivity contribution in [2.24, 2.45) is 16.7 Å². The first-order chi connectivity index (χ1) is 9.00. The monoisotopic (exact) mass is 379 g/mol. The van der Waals surface area contributed by atoms with Crippen molar-refractivity contribution in [1.82, 2.24) is 4.72 Å². The van der Waals surface area contributed by atoms with Gasteiger partial charge in [-0.15, -0.1) is 0 Å². The molecule has 0 atom stereocenters. The molecule has 0 aromatic heterocycles. The number of hydrogen-bond acceptors (Lipinski definition) is 2. The highest BCUT2D eigenvalue weighted by Crippen LogP contribution is 2.67. The highest BCUT2D eigenvalue weighted by atomic mass is 79.9. The Morgan fingerprint density at radius 1 is 1.25 bits per heavy atom. The van der Waals surface area contributed by atoms with Crippen LogP contribution in [0.1, 0.15) is 27.7 Å². The molecule has 0 unspecified atom stereocenters. The minimum atomic E-state index is -3.57. The molecular weight excluding hydrogens is 362 g/mol. The summed E-state index contributed by atoms with van der Waals surface area (Å²) in [6.07, 6.45) is 0. The fourth-order valence-corrected chi connectivity index (χ4v) is 4.89. The zero-order chi connectivity index (χ0) is 15.3. The maximum absolute atomic E-state index is 12.3. The van der Waals surface area contributed by atoms with Crippen LogP contribution in [0.5, 0.6) is 0 Å². The number of benzene rings is 1. The van der Waals surface area contributed by atoms with Gasteiger partial charge in [0.15, 0.2) is 0 Å². The zero-order valence-corrected chi connectivity index (χ0v) is 15.2. The van der Waals surface area contributed by atoms with Crippen molar-refractivity contribution in [3.63, 3.8) is 0 Å². The van der Waals surface area contributed by atoms with E-state index in [2.05, 4.69) is 48.3 Å². The van der Waals surface area contributed by atoms with E-state index in [1.807, 2.05) is 0 Å². The van der Waals surface area contributed by atoms with Crippen LogP contribution in [0.25, 0.3) is 0 Å². The molecule has 1 aliphatic carbocycles. The Balaban J connectivity index is 2.14. The van der Waals surface area contributed by atoms with Crippen molar-refractivity contribution in [3.05, 3.63) is 27.7 Å². The number of halogens is 2. The van der Waals surface area contributed by atoms with Crippen LogP contribution in [-0.4, -0.2) is 15.0 Å². The maximum atomic E-state index is 12.3. The van der Waals surface area contributed by atoms with Crippen LogP contribution in [-0.2, 0) is 10.0 Å². The summed E-state index contributed by atoms with van der Waals surface area (Å²) in [6.45, 7) is 9.10. The summed E-state index contributed by atoms with van der Waals surface area (Å²) in [5.41, 5.74) is 0.304. The van der Waals surface area contributed by atoms with E-state index in [1.54, 1.807) is 12.1 Å². The van der Waals surface area contributed by atoms with Crippen molar-refractivity contribution in [2.75, 3.05) is 6.54 Å². The fraction of sp³-hybridized carbons (Fsp3) is 0.571. The Bertz CT molecular complexity index is 627. The van der Waals surface area contributed by atoms with E-state index in [0.29, 0.717) is 12.5 Å². The Morgan fingerprint density at radius 3 is 2.25 bits per heavy atom. The summed E-state index contributed by atoms with van der Waals surface area (Å²) >= 11 is 9.27. The van der Waals surface area contributed by atoms with E-state index in [9.17, 15) is 8.42 Å². The van der Waals surface area contributed by atoms with E-state index in [4.69, 9.17) is 11.6 Å². The van der Waals surface area contributed by atoms with Gasteiger partial charge in [0, 0.05) is 11.0 Å². The van der Waals surface area contributed by atoms with Crippen molar-refractivity contribution in [3.8, 4) is 0 Å².